The molecule has 1 saturated heterocycles. The monoisotopic (exact) mass is 133 g/mol. The van der Waals surface area contributed by atoms with Crippen LogP contribution in [0.5, 0.6) is 0 Å². The minimum atomic E-state index is -1.11. The SMILES string of the molecule is O=[N+]([O-])C1NCCN1O. The zero-order chi connectivity index (χ0) is 6.85. The fourth-order valence-electron chi connectivity index (χ4n) is 0.719. The number of hydroxylamine groups is 2. The average Bonchev–Trinajstić information content (AvgIpc) is 2.13. The Labute approximate surface area is 51.2 Å². The number of hydrogen-bond acceptors (Lipinski definition) is 5. The van der Waals surface area contributed by atoms with Crippen LogP contribution in [0.4, 0.5) is 0 Å². The van der Waals surface area contributed by atoms with Crippen LogP contribution >= 0.6 is 0 Å². The highest BCUT2D eigenvalue weighted by atomic mass is 16.7. The number of nitrogens with zero attached hydrogens (tertiary/aromatic N) is 2. The fourth-order valence-corrected chi connectivity index (χ4v) is 0.719. The highest BCUT2D eigenvalue weighted by Gasteiger charge is 2.31. The maximum atomic E-state index is 9.95. The largest absolute Gasteiger partial charge is 0.346 e. The molecule has 1 unspecified atom stereocenters. The molecule has 1 heterocycles. The van der Waals surface area contributed by atoms with Gasteiger partial charge in [0.1, 0.15) is 0 Å². The summed E-state index contributed by atoms with van der Waals surface area (Å²) in [6, 6.07) is 0. The molecule has 0 aliphatic carbocycles. The predicted octanol–water partition coefficient (Wildman–Crippen LogP) is -1.16. The lowest BCUT2D eigenvalue weighted by Gasteiger charge is -2.07. The zero-order valence-corrected chi connectivity index (χ0v) is 4.65. The molecule has 1 aliphatic heterocycles. The van der Waals surface area contributed by atoms with Crippen molar-refractivity contribution in [3.8, 4) is 0 Å². The summed E-state index contributed by atoms with van der Waals surface area (Å²) in [7, 11) is 0. The lowest BCUT2D eigenvalue weighted by Crippen LogP contribution is -2.40. The Morgan fingerprint density at radius 2 is 2.56 bits per heavy atom. The van der Waals surface area contributed by atoms with Gasteiger partial charge in [-0.3, -0.25) is 10.1 Å². The van der Waals surface area contributed by atoms with Crippen molar-refractivity contribution in [2.24, 2.45) is 0 Å². The van der Waals surface area contributed by atoms with E-state index in [9.17, 15) is 10.1 Å². The highest BCUT2D eigenvalue weighted by molar-refractivity contribution is 4.61. The van der Waals surface area contributed by atoms with Crippen LogP contribution in [0.2, 0.25) is 0 Å². The van der Waals surface area contributed by atoms with Crippen LogP contribution in [0, 0.1) is 10.1 Å². The quantitative estimate of drug-likeness (QED) is 0.348. The van der Waals surface area contributed by atoms with Crippen molar-refractivity contribution in [1.29, 1.82) is 0 Å². The number of rotatable bonds is 1. The Hall–Kier alpha value is -0.720. The van der Waals surface area contributed by atoms with E-state index in [0.717, 1.165) is 0 Å². The van der Waals surface area contributed by atoms with Gasteiger partial charge in [0.2, 0.25) is 0 Å². The van der Waals surface area contributed by atoms with Crippen molar-refractivity contribution < 1.29 is 10.1 Å². The van der Waals surface area contributed by atoms with Crippen LogP contribution in [0.15, 0.2) is 0 Å². The Bertz CT molecular complexity index is 127. The van der Waals surface area contributed by atoms with Gasteiger partial charge in [-0.2, -0.15) is 0 Å². The Morgan fingerprint density at radius 3 is 2.78 bits per heavy atom. The zero-order valence-electron chi connectivity index (χ0n) is 4.65. The summed E-state index contributed by atoms with van der Waals surface area (Å²) >= 11 is 0. The van der Waals surface area contributed by atoms with E-state index in [-0.39, 0.29) is 0 Å². The van der Waals surface area contributed by atoms with Crippen molar-refractivity contribution in [1.82, 2.24) is 10.4 Å². The van der Waals surface area contributed by atoms with Gasteiger partial charge in [-0.1, -0.05) is 0 Å². The van der Waals surface area contributed by atoms with Crippen molar-refractivity contribution in [3.05, 3.63) is 10.1 Å². The molecule has 6 nitrogen and oxygen atoms in total. The van der Waals surface area contributed by atoms with Crippen LogP contribution in [-0.2, 0) is 0 Å². The number of hydrogen-bond donors (Lipinski definition) is 2. The minimum absolute atomic E-state index is 0.311. The van der Waals surface area contributed by atoms with Crippen LogP contribution in [0.3, 0.4) is 0 Å². The maximum Gasteiger partial charge on any atom is 0.346 e. The first kappa shape index (κ1) is 6.40. The molecule has 52 valence electrons. The van der Waals surface area contributed by atoms with E-state index in [0.29, 0.717) is 18.2 Å². The van der Waals surface area contributed by atoms with Gasteiger partial charge in [-0.05, 0) is 0 Å². The first-order valence-corrected chi connectivity index (χ1v) is 2.54. The molecule has 1 atom stereocenters. The van der Waals surface area contributed by atoms with Gasteiger partial charge in [0.05, 0.1) is 4.92 Å². The summed E-state index contributed by atoms with van der Waals surface area (Å²) in [4.78, 5) is 9.38. The normalized spacial score (nSPS) is 28.8. The molecule has 0 amide bonds. The fraction of sp³-hybridized carbons (Fsp3) is 1.00. The Balaban J connectivity index is 2.49. The lowest BCUT2D eigenvalue weighted by molar-refractivity contribution is -0.572. The molecule has 6 heteroatoms. The van der Waals surface area contributed by atoms with E-state index in [4.69, 9.17) is 5.21 Å². The smallest absolute Gasteiger partial charge is 0.307 e. The van der Waals surface area contributed by atoms with Crippen molar-refractivity contribution in [3.63, 3.8) is 0 Å². The third-order valence-electron chi connectivity index (χ3n) is 1.15. The molecule has 0 spiro atoms. The molecule has 0 aromatic rings. The van der Waals surface area contributed by atoms with Crippen LogP contribution in [0.1, 0.15) is 0 Å². The first-order valence-electron chi connectivity index (χ1n) is 2.54. The van der Waals surface area contributed by atoms with E-state index in [2.05, 4.69) is 5.32 Å². The summed E-state index contributed by atoms with van der Waals surface area (Å²) in [5.41, 5.74) is 0. The Morgan fingerprint density at radius 1 is 1.89 bits per heavy atom. The third-order valence-corrected chi connectivity index (χ3v) is 1.15. The highest BCUT2D eigenvalue weighted by Crippen LogP contribution is 1.97. The molecule has 1 aliphatic rings. The van der Waals surface area contributed by atoms with E-state index in [1.807, 2.05) is 0 Å². The van der Waals surface area contributed by atoms with Crippen molar-refractivity contribution in [2.75, 3.05) is 13.1 Å². The average molecular weight is 133 g/mol. The maximum absolute atomic E-state index is 9.95. The number of nitro groups is 1. The molecule has 1 rings (SSSR count). The molecule has 9 heavy (non-hydrogen) atoms. The molecular weight excluding hydrogens is 126 g/mol. The third kappa shape index (κ3) is 1.15. The summed E-state index contributed by atoms with van der Waals surface area (Å²) in [6.07, 6.45) is -1.11. The second-order valence-electron chi connectivity index (χ2n) is 1.78. The van der Waals surface area contributed by atoms with Gasteiger partial charge >= 0.3 is 6.29 Å². The van der Waals surface area contributed by atoms with Gasteiger partial charge < -0.3 is 5.21 Å². The molecule has 1 fully saturated rings. The summed E-state index contributed by atoms with van der Waals surface area (Å²) < 4.78 is 0. The second-order valence-corrected chi connectivity index (χ2v) is 1.78. The van der Waals surface area contributed by atoms with Crippen LogP contribution in [0.25, 0.3) is 0 Å². The lowest BCUT2D eigenvalue weighted by atomic mass is 10.7. The molecular formula is C3H7N3O3. The number of nitrogens with one attached hydrogen (secondary N) is 1. The molecule has 0 aromatic carbocycles. The molecule has 0 aromatic heterocycles. The van der Waals surface area contributed by atoms with E-state index >= 15 is 0 Å². The minimum Gasteiger partial charge on any atom is -0.307 e. The van der Waals surface area contributed by atoms with Crippen molar-refractivity contribution in [2.45, 2.75) is 6.29 Å². The standard InChI is InChI=1S/C3H7N3O3/c7-5-2-1-4-3(5)6(8)9/h3-4,7H,1-2H2. The van der Waals surface area contributed by atoms with E-state index in [1.165, 1.54) is 0 Å². The summed E-state index contributed by atoms with van der Waals surface area (Å²) in [6.45, 7) is 0.772. The molecule has 0 bridgehead atoms. The second kappa shape index (κ2) is 2.26. The van der Waals surface area contributed by atoms with Crippen LogP contribution in [-0.4, -0.2) is 34.6 Å². The molecule has 0 saturated carbocycles. The van der Waals surface area contributed by atoms with Gasteiger partial charge in [0.25, 0.3) is 0 Å². The Kier molecular flexibility index (Phi) is 1.60. The van der Waals surface area contributed by atoms with E-state index < -0.39 is 11.2 Å². The van der Waals surface area contributed by atoms with Gasteiger partial charge in [0, 0.05) is 13.1 Å². The van der Waals surface area contributed by atoms with Gasteiger partial charge in [-0.15, -0.1) is 5.06 Å². The van der Waals surface area contributed by atoms with E-state index in [1.54, 1.807) is 0 Å². The molecule has 2 N–H and O–H groups in total. The predicted molar refractivity (Wildman–Crippen MR) is 27.3 cm³/mol. The first-order chi connectivity index (χ1) is 4.22. The summed E-state index contributed by atoms with van der Waals surface area (Å²) in [5, 5.41) is 21.8. The summed E-state index contributed by atoms with van der Waals surface area (Å²) in [5.74, 6) is 0. The van der Waals surface area contributed by atoms with Gasteiger partial charge in [0.15, 0.2) is 0 Å². The van der Waals surface area contributed by atoms with Crippen molar-refractivity contribution >= 4 is 0 Å². The van der Waals surface area contributed by atoms with Crippen LogP contribution < -0.4 is 5.32 Å². The van der Waals surface area contributed by atoms with Gasteiger partial charge in [-0.25, -0.2) is 5.32 Å². The topological polar surface area (TPSA) is 78.6 Å². The molecule has 0 radical (unpaired) electrons.